The van der Waals surface area contributed by atoms with Gasteiger partial charge in [-0.3, -0.25) is 4.98 Å². The van der Waals surface area contributed by atoms with Crippen molar-refractivity contribution in [2.45, 2.75) is 20.3 Å². The zero-order chi connectivity index (χ0) is 13.0. The van der Waals surface area contributed by atoms with Crippen LogP contribution in [0, 0.1) is 10.5 Å². The van der Waals surface area contributed by atoms with E-state index in [4.69, 9.17) is 0 Å². The van der Waals surface area contributed by atoms with E-state index in [1.165, 1.54) is 0 Å². The van der Waals surface area contributed by atoms with E-state index < -0.39 is 0 Å². The van der Waals surface area contributed by atoms with Gasteiger partial charge in [0.15, 0.2) is 5.82 Å². The first-order valence-corrected chi connectivity index (χ1v) is 6.98. The van der Waals surface area contributed by atoms with Crippen molar-refractivity contribution in [1.29, 1.82) is 0 Å². The average Bonchev–Trinajstić information content (AvgIpc) is 2.39. The molecular formula is C13H15IN4. The second-order valence-corrected chi connectivity index (χ2v) is 5.20. The molecule has 0 atom stereocenters. The van der Waals surface area contributed by atoms with Crippen LogP contribution in [0.3, 0.4) is 0 Å². The zero-order valence-electron chi connectivity index (χ0n) is 10.4. The van der Waals surface area contributed by atoms with Crippen molar-refractivity contribution in [3.05, 3.63) is 33.7 Å². The number of hydrogen-bond donors (Lipinski definition) is 1. The fraction of sp³-hybridized carbons (Fsp3) is 0.308. The summed E-state index contributed by atoms with van der Waals surface area (Å²) < 4.78 is 1.02. The standard InChI is InChI=1S/C13H15IN4/c1-3-6-15-12-10(14)8-17-13(18-12)11-5-4-9(2)7-16-11/h4-5,7-8H,3,6H2,1-2H3,(H,15,17,18). The van der Waals surface area contributed by atoms with E-state index in [2.05, 4.69) is 49.8 Å². The van der Waals surface area contributed by atoms with Crippen LogP contribution in [-0.4, -0.2) is 21.5 Å². The van der Waals surface area contributed by atoms with Crippen molar-refractivity contribution >= 4 is 28.4 Å². The second kappa shape index (κ2) is 6.08. The van der Waals surface area contributed by atoms with Crippen LogP contribution in [0.1, 0.15) is 18.9 Å². The van der Waals surface area contributed by atoms with Gasteiger partial charge in [-0.15, -0.1) is 0 Å². The van der Waals surface area contributed by atoms with Crippen molar-refractivity contribution in [3.63, 3.8) is 0 Å². The van der Waals surface area contributed by atoms with Crippen LogP contribution in [0.15, 0.2) is 24.5 Å². The molecule has 0 radical (unpaired) electrons. The lowest BCUT2D eigenvalue weighted by Gasteiger charge is -2.07. The summed E-state index contributed by atoms with van der Waals surface area (Å²) in [6, 6.07) is 3.96. The van der Waals surface area contributed by atoms with Crippen molar-refractivity contribution in [3.8, 4) is 11.5 Å². The van der Waals surface area contributed by atoms with Crippen LogP contribution in [-0.2, 0) is 0 Å². The number of pyridine rings is 1. The second-order valence-electron chi connectivity index (χ2n) is 4.04. The Labute approximate surface area is 120 Å². The molecule has 0 bridgehead atoms. The van der Waals surface area contributed by atoms with E-state index in [9.17, 15) is 0 Å². The van der Waals surface area contributed by atoms with E-state index in [0.717, 1.165) is 33.6 Å². The largest absolute Gasteiger partial charge is 0.369 e. The van der Waals surface area contributed by atoms with E-state index >= 15 is 0 Å². The van der Waals surface area contributed by atoms with Crippen LogP contribution >= 0.6 is 22.6 Å². The molecule has 0 aliphatic heterocycles. The predicted molar refractivity (Wildman–Crippen MR) is 81.5 cm³/mol. The van der Waals surface area contributed by atoms with E-state index in [0.29, 0.717) is 5.82 Å². The van der Waals surface area contributed by atoms with Crippen molar-refractivity contribution < 1.29 is 0 Å². The minimum Gasteiger partial charge on any atom is -0.369 e. The first-order valence-electron chi connectivity index (χ1n) is 5.90. The lowest BCUT2D eigenvalue weighted by atomic mass is 10.2. The number of anilines is 1. The van der Waals surface area contributed by atoms with E-state index in [1.54, 1.807) is 0 Å². The lowest BCUT2D eigenvalue weighted by Crippen LogP contribution is -2.05. The van der Waals surface area contributed by atoms with Crippen molar-refractivity contribution in [2.75, 3.05) is 11.9 Å². The molecule has 0 saturated heterocycles. The van der Waals surface area contributed by atoms with Gasteiger partial charge >= 0.3 is 0 Å². The molecule has 0 spiro atoms. The Morgan fingerprint density at radius 3 is 2.72 bits per heavy atom. The number of halogens is 1. The van der Waals surface area contributed by atoms with Gasteiger partial charge in [0.05, 0.1) is 3.57 Å². The number of rotatable bonds is 4. The molecule has 94 valence electrons. The average molecular weight is 354 g/mol. The molecule has 0 amide bonds. The molecule has 18 heavy (non-hydrogen) atoms. The molecule has 5 heteroatoms. The summed E-state index contributed by atoms with van der Waals surface area (Å²) in [5.41, 5.74) is 1.94. The summed E-state index contributed by atoms with van der Waals surface area (Å²) in [5.74, 6) is 1.54. The summed E-state index contributed by atoms with van der Waals surface area (Å²) >= 11 is 2.23. The monoisotopic (exact) mass is 354 g/mol. The third-order valence-corrected chi connectivity index (χ3v) is 3.22. The first-order chi connectivity index (χ1) is 8.70. The number of hydrogen-bond acceptors (Lipinski definition) is 4. The molecule has 0 unspecified atom stereocenters. The number of nitrogens with zero attached hydrogens (tertiary/aromatic N) is 3. The summed E-state index contributed by atoms with van der Waals surface area (Å²) in [6.45, 7) is 5.05. The van der Waals surface area contributed by atoms with Gasteiger partial charge in [0.25, 0.3) is 0 Å². The maximum atomic E-state index is 4.52. The molecule has 0 aliphatic rings. The van der Waals surface area contributed by atoms with Gasteiger partial charge in [0, 0.05) is 18.9 Å². The van der Waals surface area contributed by atoms with Crippen LogP contribution < -0.4 is 5.32 Å². The molecule has 0 aliphatic carbocycles. The number of aryl methyl sites for hydroxylation is 1. The molecule has 0 fully saturated rings. The van der Waals surface area contributed by atoms with E-state index in [1.807, 2.05) is 31.5 Å². The molecule has 2 aromatic rings. The molecule has 0 aromatic carbocycles. The molecule has 0 saturated carbocycles. The molecular weight excluding hydrogens is 339 g/mol. The van der Waals surface area contributed by atoms with Gasteiger partial charge < -0.3 is 5.32 Å². The smallest absolute Gasteiger partial charge is 0.180 e. The predicted octanol–water partition coefficient (Wildman–Crippen LogP) is 3.27. The first kappa shape index (κ1) is 13.2. The Morgan fingerprint density at radius 2 is 2.06 bits per heavy atom. The highest BCUT2D eigenvalue weighted by Crippen LogP contribution is 2.19. The van der Waals surface area contributed by atoms with E-state index in [-0.39, 0.29) is 0 Å². The number of nitrogens with one attached hydrogen (secondary N) is 1. The fourth-order valence-electron chi connectivity index (χ4n) is 1.46. The van der Waals surface area contributed by atoms with Crippen molar-refractivity contribution in [1.82, 2.24) is 15.0 Å². The summed E-state index contributed by atoms with van der Waals surface area (Å²) in [4.78, 5) is 13.2. The normalized spacial score (nSPS) is 10.4. The maximum absolute atomic E-state index is 4.52. The van der Waals surface area contributed by atoms with Crippen LogP contribution in [0.2, 0.25) is 0 Å². The lowest BCUT2D eigenvalue weighted by molar-refractivity contribution is 0.962. The highest BCUT2D eigenvalue weighted by atomic mass is 127. The molecule has 2 aromatic heterocycles. The maximum Gasteiger partial charge on any atom is 0.180 e. The quantitative estimate of drug-likeness (QED) is 0.857. The zero-order valence-corrected chi connectivity index (χ0v) is 12.6. The topological polar surface area (TPSA) is 50.7 Å². The van der Waals surface area contributed by atoms with Gasteiger partial charge in [-0.2, -0.15) is 0 Å². The fourth-order valence-corrected chi connectivity index (χ4v) is 1.91. The Kier molecular flexibility index (Phi) is 4.46. The number of aromatic nitrogens is 3. The third-order valence-electron chi connectivity index (χ3n) is 2.43. The molecule has 4 nitrogen and oxygen atoms in total. The van der Waals surface area contributed by atoms with Crippen LogP contribution in [0.25, 0.3) is 11.5 Å². The van der Waals surface area contributed by atoms with Gasteiger partial charge in [-0.05, 0) is 47.6 Å². The molecule has 2 heterocycles. The van der Waals surface area contributed by atoms with Gasteiger partial charge in [-0.25, -0.2) is 9.97 Å². The highest BCUT2D eigenvalue weighted by molar-refractivity contribution is 14.1. The summed E-state index contributed by atoms with van der Waals surface area (Å²) in [7, 11) is 0. The Bertz CT molecular complexity index is 525. The van der Waals surface area contributed by atoms with Crippen LogP contribution in [0.5, 0.6) is 0 Å². The molecule has 2 rings (SSSR count). The van der Waals surface area contributed by atoms with Gasteiger partial charge in [-0.1, -0.05) is 13.0 Å². The summed E-state index contributed by atoms with van der Waals surface area (Å²) in [6.07, 6.45) is 4.72. The van der Waals surface area contributed by atoms with Gasteiger partial charge in [0.2, 0.25) is 0 Å². The summed E-state index contributed by atoms with van der Waals surface area (Å²) in [5, 5.41) is 3.30. The third kappa shape index (κ3) is 3.16. The minimum absolute atomic E-state index is 0.661. The van der Waals surface area contributed by atoms with Crippen molar-refractivity contribution in [2.24, 2.45) is 0 Å². The SMILES string of the molecule is CCCNc1nc(-c2ccc(C)cn2)ncc1I. The Hall–Kier alpha value is -1.24. The Morgan fingerprint density at radius 1 is 1.22 bits per heavy atom. The highest BCUT2D eigenvalue weighted by Gasteiger charge is 2.07. The van der Waals surface area contributed by atoms with Gasteiger partial charge in [0.1, 0.15) is 11.5 Å². The minimum atomic E-state index is 0.661. The van der Waals surface area contributed by atoms with Crippen LogP contribution in [0.4, 0.5) is 5.82 Å². The Balaban J connectivity index is 2.31. The molecule has 1 N–H and O–H groups in total.